The SMILES string of the molecule is Cc1c(Br)cc([N+](=O)[O-])c(O)c1[N+](=O)[O-]. The van der Waals surface area contributed by atoms with Crippen molar-refractivity contribution in [3.63, 3.8) is 0 Å². The average molecular weight is 277 g/mol. The maximum Gasteiger partial charge on any atom is 0.322 e. The van der Waals surface area contributed by atoms with Crippen molar-refractivity contribution in [3.8, 4) is 5.75 Å². The molecule has 1 rings (SSSR count). The minimum atomic E-state index is -0.925. The summed E-state index contributed by atoms with van der Waals surface area (Å²) in [6, 6.07) is 1.03. The third-order valence-electron chi connectivity index (χ3n) is 1.82. The van der Waals surface area contributed by atoms with Gasteiger partial charge < -0.3 is 5.11 Å². The van der Waals surface area contributed by atoms with Gasteiger partial charge in [0.1, 0.15) is 0 Å². The molecule has 0 heterocycles. The number of halogens is 1. The van der Waals surface area contributed by atoms with Crippen molar-refractivity contribution < 1.29 is 15.0 Å². The van der Waals surface area contributed by atoms with Crippen LogP contribution in [0.2, 0.25) is 0 Å². The van der Waals surface area contributed by atoms with E-state index in [9.17, 15) is 25.3 Å². The molecule has 7 nitrogen and oxygen atoms in total. The number of nitro groups is 2. The monoisotopic (exact) mass is 276 g/mol. The standard InChI is InChI=1S/C7H5BrN2O5/c1-3-4(8)2-5(9(12)13)7(11)6(3)10(14)15/h2,11H,1H3. The first kappa shape index (κ1) is 11.4. The van der Waals surface area contributed by atoms with E-state index in [2.05, 4.69) is 15.9 Å². The normalized spacial score (nSPS) is 10.0. The lowest BCUT2D eigenvalue weighted by Gasteiger charge is -2.02. The molecule has 0 fully saturated rings. The van der Waals surface area contributed by atoms with Gasteiger partial charge in [0.15, 0.2) is 0 Å². The number of aromatic hydroxyl groups is 1. The molecule has 0 atom stereocenters. The maximum absolute atomic E-state index is 10.6. The largest absolute Gasteiger partial charge is 0.497 e. The molecule has 0 aliphatic heterocycles. The summed E-state index contributed by atoms with van der Waals surface area (Å²) in [5.41, 5.74) is -1.21. The van der Waals surface area contributed by atoms with Gasteiger partial charge in [0.25, 0.3) is 5.75 Å². The van der Waals surface area contributed by atoms with Gasteiger partial charge in [0.05, 0.1) is 9.85 Å². The van der Waals surface area contributed by atoms with Crippen molar-refractivity contribution in [2.75, 3.05) is 0 Å². The number of hydrogen-bond donors (Lipinski definition) is 1. The van der Waals surface area contributed by atoms with Crippen LogP contribution in [0, 0.1) is 27.2 Å². The van der Waals surface area contributed by atoms with Crippen LogP contribution in [-0.2, 0) is 0 Å². The molecule has 0 spiro atoms. The maximum atomic E-state index is 10.6. The molecule has 0 aliphatic carbocycles. The fraction of sp³-hybridized carbons (Fsp3) is 0.143. The fourth-order valence-electron chi connectivity index (χ4n) is 1.07. The number of benzene rings is 1. The second kappa shape index (κ2) is 3.81. The van der Waals surface area contributed by atoms with Crippen LogP contribution < -0.4 is 0 Å². The quantitative estimate of drug-likeness (QED) is 0.659. The van der Waals surface area contributed by atoms with Crippen molar-refractivity contribution in [2.24, 2.45) is 0 Å². The summed E-state index contributed by atoms with van der Waals surface area (Å²) >= 11 is 2.95. The van der Waals surface area contributed by atoms with Crippen LogP contribution in [0.5, 0.6) is 5.75 Å². The zero-order valence-electron chi connectivity index (χ0n) is 7.43. The summed E-state index contributed by atoms with van der Waals surface area (Å²) in [7, 11) is 0. The fourth-order valence-corrected chi connectivity index (χ4v) is 1.48. The number of nitro benzene ring substituents is 2. The van der Waals surface area contributed by atoms with Crippen LogP contribution in [0.25, 0.3) is 0 Å². The minimum Gasteiger partial charge on any atom is -0.497 e. The van der Waals surface area contributed by atoms with Crippen molar-refractivity contribution >= 4 is 27.3 Å². The molecule has 0 aliphatic rings. The van der Waals surface area contributed by atoms with Crippen molar-refractivity contribution in [1.29, 1.82) is 0 Å². The van der Waals surface area contributed by atoms with Gasteiger partial charge in [-0.2, -0.15) is 0 Å². The Morgan fingerprint density at radius 3 is 2.27 bits per heavy atom. The second-order valence-corrected chi connectivity index (χ2v) is 3.57. The van der Waals surface area contributed by atoms with E-state index >= 15 is 0 Å². The van der Waals surface area contributed by atoms with Crippen LogP contribution >= 0.6 is 15.9 Å². The molecule has 1 aromatic rings. The van der Waals surface area contributed by atoms with Crippen molar-refractivity contribution in [3.05, 3.63) is 36.3 Å². The second-order valence-electron chi connectivity index (χ2n) is 2.71. The van der Waals surface area contributed by atoms with E-state index < -0.39 is 27.0 Å². The molecule has 0 aromatic heterocycles. The molecule has 80 valence electrons. The Balaban J connectivity index is 3.63. The summed E-state index contributed by atoms with van der Waals surface area (Å²) in [5.74, 6) is -0.925. The zero-order chi connectivity index (χ0) is 11.7. The Hall–Kier alpha value is -1.70. The van der Waals surface area contributed by atoms with Crippen LogP contribution in [0.3, 0.4) is 0 Å². The van der Waals surface area contributed by atoms with Gasteiger partial charge in [-0.3, -0.25) is 20.2 Å². The third-order valence-corrected chi connectivity index (χ3v) is 2.65. The van der Waals surface area contributed by atoms with E-state index in [-0.39, 0.29) is 10.0 Å². The van der Waals surface area contributed by atoms with Crippen molar-refractivity contribution in [1.82, 2.24) is 0 Å². The molecule has 1 N–H and O–H groups in total. The zero-order valence-corrected chi connectivity index (χ0v) is 9.02. The number of rotatable bonds is 2. The Morgan fingerprint density at radius 1 is 1.33 bits per heavy atom. The summed E-state index contributed by atoms with van der Waals surface area (Å²) in [5, 5.41) is 30.4. The van der Waals surface area contributed by atoms with Gasteiger partial charge in [-0.25, -0.2) is 0 Å². The van der Waals surface area contributed by atoms with E-state index in [1.54, 1.807) is 0 Å². The number of hydrogen-bond acceptors (Lipinski definition) is 5. The molecule has 1 aromatic carbocycles. The molecular weight excluding hydrogens is 272 g/mol. The highest BCUT2D eigenvalue weighted by molar-refractivity contribution is 9.10. The lowest BCUT2D eigenvalue weighted by atomic mass is 10.1. The molecule has 0 radical (unpaired) electrons. The van der Waals surface area contributed by atoms with E-state index in [0.29, 0.717) is 0 Å². The summed E-state index contributed by atoms with van der Waals surface area (Å²) < 4.78 is 0.207. The minimum absolute atomic E-state index is 0.142. The molecule has 0 amide bonds. The highest BCUT2D eigenvalue weighted by Gasteiger charge is 2.29. The highest BCUT2D eigenvalue weighted by Crippen LogP contribution is 2.41. The molecule has 0 unspecified atom stereocenters. The Labute approximate surface area is 91.8 Å². The number of phenolic OH excluding ortho intramolecular Hbond substituents is 1. The Morgan fingerprint density at radius 2 is 1.87 bits per heavy atom. The van der Waals surface area contributed by atoms with Gasteiger partial charge >= 0.3 is 11.4 Å². The first-order chi connectivity index (χ1) is 6.86. The van der Waals surface area contributed by atoms with Gasteiger partial charge in [0.2, 0.25) is 0 Å². The smallest absolute Gasteiger partial charge is 0.322 e. The van der Waals surface area contributed by atoms with Gasteiger partial charge in [0, 0.05) is 16.1 Å². The van der Waals surface area contributed by atoms with Crippen LogP contribution in [-0.4, -0.2) is 15.0 Å². The van der Waals surface area contributed by atoms with Crippen LogP contribution in [0.4, 0.5) is 11.4 Å². The van der Waals surface area contributed by atoms with E-state index in [0.717, 1.165) is 6.07 Å². The van der Waals surface area contributed by atoms with E-state index in [4.69, 9.17) is 0 Å². The van der Waals surface area contributed by atoms with E-state index in [1.165, 1.54) is 6.92 Å². The average Bonchev–Trinajstić information content (AvgIpc) is 2.10. The summed E-state index contributed by atoms with van der Waals surface area (Å²) in [6.45, 7) is 1.38. The van der Waals surface area contributed by atoms with Crippen LogP contribution in [0.1, 0.15) is 5.56 Å². The van der Waals surface area contributed by atoms with Crippen molar-refractivity contribution in [2.45, 2.75) is 6.92 Å². The Kier molecular flexibility index (Phi) is 2.89. The number of nitrogens with zero attached hydrogens (tertiary/aromatic N) is 2. The highest BCUT2D eigenvalue weighted by atomic mass is 79.9. The molecule has 0 saturated heterocycles. The molecule has 0 saturated carbocycles. The lowest BCUT2D eigenvalue weighted by Crippen LogP contribution is -1.97. The summed E-state index contributed by atoms with van der Waals surface area (Å²) in [6.07, 6.45) is 0. The summed E-state index contributed by atoms with van der Waals surface area (Å²) in [4.78, 5) is 19.3. The molecular formula is C7H5BrN2O5. The van der Waals surface area contributed by atoms with Gasteiger partial charge in [-0.1, -0.05) is 15.9 Å². The third kappa shape index (κ3) is 1.89. The first-order valence-electron chi connectivity index (χ1n) is 3.67. The predicted octanol–water partition coefficient (Wildman–Crippen LogP) is 2.28. The predicted molar refractivity (Wildman–Crippen MR) is 53.9 cm³/mol. The van der Waals surface area contributed by atoms with Gasteiger partial charge in [-0.05, 0) is 6.92 Å². The lowest BCUT2D eigenvalue weighted by molar-refractivity contribution is -0.396. The molecule has 15 heavy (non-hydrogen) atoms. The first-order valence-corrected chi connectivity index (χ1v) is 4.46. The molecule has 8 heteroatoms. The van der Waals surface area contributed by atoms with E-state index in [1.807, 2.05) is 0 Å². The Bertz CT molecular complexity index is 459. The molecule has 0 bridgehead atoms. The topological polar surface area (TPSA) is 107 Å². The van der Waals surface area contributed by atoms with Crippen LogP contribution in [0.15, 0.2) is 10.5 Å². The number of phenols is 1. The van der Waals surface area contributed by atoms with Gasteiger partial charge in [-0.15, -0.1) is 0 Å².